The number of likely N-dealkylation sites (tertiary alicyclic amines) is 1. The van der Waals surface area contributed by atoms with E-state index in [0.717, 1.165) is 19.4 Å². The third kappa shape index (κ3) is 4.70. The summed E-state index contributed by atoms with van der Waals surface area (Å²) < 4.78 is 23.4. The van der Waals surface area contributed by atoms with Crippen LogP contribution in [-0.2, 0) is 14.6 Å². The first-order valence-corrected chi connectivity index (χ1v) is 10.4. The lowest BCUT2D eigenvalue weighted by molar-refractivity contribution is -0.137. The monoisotopic (exact) mass is 315 g/mol. The highest BCUT2D eigenvalue weighted by molar-refractivity contribution is 7.91. The second kappa shape index (κ2) is 7.61. The zero-order valence-electron chi connectivity index (χ0n) is 13.2. The van der Waals surface area contributed by atoms with Gasteiger partial charge in [0.05, 0.1) is 5.75 Å². The molecule has 122 valence electrons. The largest absolute Gasteiger partial charge is 0.339 e. The lowest BCUT2D eigenvalue weighted by Crippen LogP contribution is -2.49. The maximum atomic E-state index is 12.4. The molecule has 0 N–H and O–H groups in total. The van der Waals surface area contributed by atoms with Gasteiger partial charge >= 0.3 is 0 Å². The minimum Gasteiger partial charge on any atom is -0.339 e. The fourth-order valence-electron chi connectivity index (χ4n) is 3.93. The van der Waals surface area contributed by atoms with Crippen LogP contribution >= 0.6 is 0 Å². The molecule has 0 aromatic heterocycles. The van der Waals surface area contributed by atoms with Gasteiger partial charge in [-0.3, -0.25) is 4.79 Å². The zero-order chi connectivity index (χ0) is 15.3. The molecule has 1 saturated carbocycles. The first-order valence-electron chi connectivity index (χ1n) is 8.53. The Hall–Kier alpha value is -0.580. The van der Waals surface area contributed by atoms with Crippen LogP contribution in [0.5, 0.6) is 0 Å². The van der Waals surface area contributed by atoms with E-state index in [0.29, 0.717) is 31.2 Å². The minimum absolute atomic E-state index is 0.161. The van der Waals surface area contributed by atoms with Crippen LogP contribution < -0.4 is 0 Å². The summed E-state index contributed by atoms with van der Waals surface area (Å²) in [5.74, 6) is 1.28. The first-order chi connectivity index (χ1) is 10.0. The molecular formula is C16H29NO3S. The number of carbonyl (C=O) groups excluding carboxylic acids is 1. The van der Waals surface area contributed by atoms with Crippen LogP contribution in [0.4, 0.5) is 0 Å². The van der Waals surface area contributed by atoms with Gasteiger partial charge in [-0.2, -0.15) is 0 Å². The number of nitrogens with zero attached hydrogens (tertiary/aromatic N) is 1. The predicted octanol–water partition coefficient (Wildman–Crippen LogP) is 2.77. The predicted molar refractivity (Wildman–Crippen MR) is 84.9 cm³/mol. The number of carbonyl (C=O) groups is 1. The molecule has 1 heterocycles. The van der Waals surface area contributed by atoms with E-state index in [9.17, 15) is 13.2 Å². The fraction of sp³-hybridized carbons (Fsp3) is 0.938. The normalized spacial score (nSPS) is 26.4. The van der Waals surface area contributed by atoms with Crippen LogP contribution in [0.1, 0.15) is 64.7 Å². The Balaban J connectivity index is 1.82. The number of hydrogen-bond donors (Lipinski definition) is 0. The molecule has 2 rings (SSSR count). The van der Waals surface area contributed by atoms with Crippen molar-refractivity contribution in [3.05, 3.63) is 0 Å². The second-order valence-corrected chi connectivity index (χ2v) is 8.90. The van der Waals surface area contributed by atoms with Gasteiger partial charge in [0.15, 0.2) is 0 Å². The molecule has 0 aromatic carbocycles. The van der Waals surface area contributed by atoms with Gasteiger partial charge in [-0.25, -0.2) is 8.42 Å². The Morgan fingerprint density at radius 2 is 1.81 bits per heavy atom. The number of sulfone groups is 1. The maximum absolute atomic E-state index is 12.4. The van der Waals surface area contributed by atoms with Gasteiger partial charge in [-0.05, 0) is 44.4 Å². The van der Waals surface area contributed by atoms with E-state index >= 15 is 0 Å². The molecule has 2 aliphatic rings. The van der Waals surface area contributed by atoms with Crippen molar-refractivity contribution in [2.24, 2.45) is 5.92 Å². The molecule has 1 aliphatic heterocycles. The van der Waals surface area contributed by atoms with E-state index in [4.69, 9.17) is 0 Å². The fourth-order valence-corrected chi connectivity index (χ4v) is 5.34. The zero-order valence-corrected chi connectivity index (χ0v) is 14.0. The number of hydrogen-bond acceptors (Lipinski definition) is 3. The van der Waals surface area contributed by atoms with Gasteiger partial charge < -0.3 is 4.90 Å². The summed E-state index contributed by atoms with van der Waals surface area (Å²) in [6.45, 7) is 2.75. The molecule has 0 radical (unpaired) electrons. The quantitative estimate of drug-likeness (QED) is 0.757. The number of amides is 1. The Bertz CT molecular complexity index is 444. The first kappa shape index (κ1) is 16.8. The number of piperidine rings is 1. The van der Waals surface area contributed by atoms with E-state index in [1.54, 1.807) is 0 Å². The summed E-state index contributed by atoms with van der Waals surface area (Å²) in [7, 11) is -2.95. The standard InChI is InChI=1S/C16H29NO3S/c1-2-12-21(19,20)13-6-10-16(18)17-11-5-8-14-7-3-4-9-15(14)17/h14-15H,2-13H2,1H3. The Labute approximate surface area is 129 Å². The highest BCUT2D eigenvalue weighted by Crippen LogP contribution is 2.35. The molecule has 0 bridgehead atoms. The molecule has 2 unspecified atom stereocenters. The van der Waals surface area contributed by atoms with E-state index in [1.807, 2.05) is 6.92 Å². The van der Waals surface area contributed by atoms with Crippen LogP contribution in [0.2, 0.25) is 0 Å². The van der Waals surface area contributed by atoms with Crippen molar-refractivity contribution in [2.75, 3.05) is 18.1 Å². The summed E-state index contributed by atoms with van der Waals surface area (Å²) in [4.78, 5) is 14.5. The average molecular weight is 315 g/mol. The summed E-state index contributed by atoms with van der Waals surface area (Å²) in [6.07, 6.45) is 8.85. The molecule has 2 fully saturated rings. The molecule has 4 nitrogen and oxygen atoms in total. The van der Waals surface area contributed by atoms with Gasteiger partial charge in [0.25, 0.3) is 0 Å². The summed E-state index contributed by atoms with van der Waals surface area (Å²) in [5.41, 5.74) is 0. The van der Waals surface area contributed by atoms with Crippen molar-refractivity contribution in [1.29, 1.82) is 0 Å². The third-order valence-corrected chi connectivity index (χ3v) is 6.87. The molecule has 5 heteroatoms. The van der Waals surface area contributed by atoms with E-state index in [-0.39, 0.29) is 17.4 Å². The lowest BCUT2D eigenvalue weighted by atomic mass is 9.78. The Morgan fingerprint density at radius 1 is 1.10 bits per heavy atom. The summed E-state index contributed by atoms with van der Waals surface area (Å²) in [5, 5.41) is 0. The SMILES string of the molecule is CCCS(=O)(=O)CCCC(=O)N1CCCC2CCCCC21. The van der Waals surface area contributed by atoms with Crippen LogP contribution in [0, 0.1) is 5.92 Å². The minimum atomic E-state index is -2.95. The Morgan fingerprint density at radius 3 is 2.57 bits per heavy atom. The van der Waals surface area contributed by atoms with Gasteiger partial charge in [0.1, 0.15) is 9.84 Å². The van der Waals surface area contributed by atoms with E-state index in [2.05, 4.69) is 4.90 Å². The van der Waals surface area contributed by atoms with E-state index < -0.39 is 9.84 Å². The van der Waals surface area contributed by atoms with Crippen molar-refractivity contribution in [3.8, 4) is 0 Å². The van der Waals surface area contributed by atoms with Crippen molar-refractivity contribution < 1.29 is 13.2 Å². The number of fused-ring (bicyclic) bond motifs is 1. The van der Waals surface area contributed by atoms with Crippen LogP contribution in [0.25, 0.3) is 0 Å². The van der Waals surface area contributed by atoms with Crippen LogP contribution in [0.15, 0.2) is 0 Å². The lowest BCUT2D eigenvalue weighted by Gasteiger charge is -2.44. The average Bonchev–Trinajstić information content (AvgIpc) is 2.46. The molecule has 1 amide bonds. The molecule has 0 aromatic rings. The second-order valence-electron chi connectivity index (χ2n) is 6.60. The van der Waals surface area contributed by atoms with Crippen LogP contribution in [-0.4, -0.2) is 43.3 Å². The highest BCUT2D eigenvalue weighted by Gasteiger charge is 2.35. The Kier molecular flexibility index (Phi) is 6.08. The number of rotatable bonds is 6. The van der Waals surface area contributed by atoms with E-state index in [1.165, 1.54) is 25.7 Å². The van der Waals surface area contributed by atoms with Gasteiger partial charge in [0, 0.05) is 24.8 Å². The van der Waals surface area contributed by atoms with Crippen molar-refractivity contribution in [3.63, 3.8) is 0 Å². The van der Waals surface area contributed by atoms with Gasteiger partial charge in [-0.15, -0.1) is 0 Å². The van der Waals surface area contributed by atoms with Crippen molar-refractivity contribution in [2.45, 2.75) is 70.8 Å². The molecular weight excluding hydrogens is 286 g/mol. The summed E-state index contributed by atoms with van der Waals surface area (Å²) >= 11 is 0. The third-order valence-electron chi connectivity index (χ3n) is 4.92. The molecule has 0 spiro atoms. The van der Waals surface area contributed by atoms with Gasteiger partial charge in [0.2, 0.25) is 5.91 Å². The highest BCUT2D eigenvalue weighted by atomic mass is 32.2. The maximum Gasteiger partial charge on any atom is 0.222 e. The topological polar surface area (TPSA) is 54.5 Å². The molecule has 1 saturated heterocycles. The summed E-state index contributed by atoms with van der Waals surface area (Å²) in [6, 6.07) is 0.437. The molecule has 1 aliphatic carbocycles. The van der Waals surface area contributed by atoms with Gasteiger partial charge in [-0.1, -0.05) is 19.8 Å². The van der Waals surface area contributed by atoms with Crippen molar-refractivity contribution in [1.82, 2.24) is 4.90 Å². The molecule has 21 heavy (non-hydrogen) atoms. The smallest absolute Gasteiger partial charge is 0.222 e. The molecule has 2 atom stereocenters. The van der Waals surface area contributed by atoms with Crippen molar-refractivity contribution >= 4 is 15.7 Å². The van der Waals surface area contributed by atoms with Crippen LogP contribution in [0.3, 0.4) is 0 Å².